The molecule has 1 aromatic carbocycles. The Hall–Kier alpha value is -1.65. The van der Waals surface area contributed by atoms with Gasteiger partial charge in [-0.1, -0.05) is 17.7 Å². The molecular weight excluding hydrogens is 288 g/mol. The number of halogens is 1. The summed E-state index contributed by atoms with van der Waals surface area (Å²) in [6, 6.07) is 7.38. The van der Waals surface area contributed by atoms with E-state index in [0.717, 1.165) is 23.6 Å². The van der Waals surface area contributed by atoms with Crippen LogP contribution in [0, 0.1) is 0 Å². The second-order valence-corrected chi connectivity index (χ2v) is 5.89. The Morgan fingerprint density at radius 3 is 2.95 bits per heavy atom. The Balaban J connectivity index is 1.74. The summed E-state index contributed by atoms with van der Waals surface area (Å²) in [6.45, 7) is 2.62. The summed E-state index contributed by atoms with van der Waals surface area (Å²) in [5, 5.41) is 5.52. The van der Waals surface area contributed by atoms with E-state index in [1.165, 1.54) is 0 Å². The minimum Gasteiger partial charge on any atom is -0.376 e. The van der Waals surface area contributed by atoms with Gasteiger partial charge in [-0.15, -0.1) is 0 Å². The molecule has 0 spiro atoms. The molecule has 0 aliphatic carbocycles. The van der Waals surface area contributed by atoms with Gasteiger partial charge in [-0.3, -0.25) is 9.78 Å². The highest BCUT2D eigenvalue weighted by Gasteiger charge is 2.21. The number of pyridine rings is 1. The predicted octanol–water partition coefficient (Wildman–Crippen LogP) is 3.19. The van der Waals surface area contributed by atoms with E-state index in [0.29, 0.717) is 17.3 Å². The first-order valence-electron chi connectivity index (χ1n) is 7.09. The Bertz CT molecular complexity index is 666. The van der Waals surface area contributed by atoms with E-state index in [1.807, 2.05) is 25.1 Å². The Labute approximate surface area is 128 Å². The molecule has 4 nitrogen and oxygen atoms in total. The molecule has 21 heavy (non-hydrogen) atoms. The van der Waals surface area contributed by atoms with E-state index in [9.17, 15) is 4.79 Å². The number of benzene rings is 1. The maximum atomic E-state index is 12.2. The first-order valence-corrected chi connectivity index (χ1v) is 7.47. The fraction of sp³-hybridized carbons (Fsp3) is 0.375. The van der Waals surface area contributed by atoms with Crippen LogP contribution in [-0.2, 0) is 4.74 Å². The third-order valence-corrected chi connectivity index (χ3v) is 3.99. The number of amides is 1. The minimum absolute atomic E-state index is 0.0661. The Kier molecular flexibility index (Phi) is 4.08. The van der Waals surface area contributed by atoms with Gasteiger partial charge in [-0.05, 0) is 43.4 Å². The standard InChI is InChI=1S/C16H17ClN2O2/c1-10-2-5-14(9-21-10)19-16(20)15-7-11-3-4-13(17)6-12(11)8-18-15/h3-4,6-8,10,14H,2,5,9H2,1H3,(H,19,20)/t10-,14-/m1/s1. The zero-order chi connectivity index (χ0) is 14.8. The van der Waals surface area contributed by atoms with E-state index in [-0.39, 0.29) is 18.1 Å². The summed E-state index contributed by atoms with van der Waals surface area (Å²) in [7, 11) is 0. The molecule has 0 saturated carbocycles. The third-order valence-electron chi connectivity index (χ3n) is 3.76. The Morgan fingerprint density at radius 1 is 1.33 bits per heavy atom. The fourth-order valence-corrected chi connectivity index (χ4v) is 2.67. The van der Waals surface area contributed by atoms with Crippen molar-refractivity contribution in [3.63, 3.8) is 0 Å². The van der Waals surface area contributed by atoms with Crippen LogP contribution in [-0.4, -0.2) is 29.6 Å². The molecule has 3 rings (SSSR count). The highest BCUT2D eigenvalue weighted by molar-refractivity contribution is 6.31. The summed E-state index contributed by atoms with van der Waals surface area (Å²) >= 11 is 5.94. The minimum atomic E-state index is -0.157. The van der Waals surface area contributed by atoms with Crippen LogP contribution >= 0.6 is 11.6 Å². The van der Waals surface area contributed by atoms with E-state index in [1.54, 1.807) is 12.3 Å². The van der Waals surface area contributed by atoms with E-state index < -0.39 is 0 Å². The molecular formula is C16H17ClN2O2. The molecule has 5 heteroatoms. The quantitative estimate of drug-likeness (QED) is 0.927. The number of hydrogen-bond donors (Lipinski definition) is 1. The largest absolute Gasteiger partial charge is 0.376 e. The molecule has 1 fully saturated rings. The lowest BCUT2D eigenvalue weighted by Crippen LogP contribution is -2.42. The zero-order valence-corrected chi connectivity index (χ0v) is 12.6. The fourth-order valence-electron chi connectivity index (χ4n) is 2.49. The van der Waals surface area contributed by atoms with Crippen molar-refractivity contribution in [3.8, 4) is 0 Å². The number of nitrogens with one attached hydrogen (secondary N) is 1. The molecule has 1 amide bonds. The number of ether oxygens (including phenoxy) is 1. The number of carbonyl (C=O) groups excluding carboxylic acids is 1. The second-order valence-electron chi connectivity index (χ2n) is 5.45. The molecule has 1 aliphatic rings. The number of aromatic nitrogens is 1. The summed E-state index contributed by atoms with van der Waals surface area (Å²) < 4.78 is 5.56. The van der Waals surface area contributed by atoms with Crippen LogP contribution in [0.1, 0.15) is 30.3 Å². The summed E-state index contributed by atoms with van der Waals surface area (Å²) in [4.78, 5) is 16.5. The van der Waals surface area contributed by atoms with Crippen molar-refractivity contribution in [1.29, 1.82) is 0 Å². The Morgan fingerprint density at radius 2 is 2.19 bits per heavy atom. The topological polar surface area (TPSA) is 51.2 Å². The highest BCUT2D eigenvalue weighted by atomic mass is 35.5. The first-order chi connectivity index (χ1) is 10.1. The maximum absolute atomic E-state index is 12.2. The van der Waals surface area contributed by atoms with Crippen LogP contribution in [0.15, 0.2) is 30.5 Å². The molecule has 1 aromatic heterocycles. The van der Waals surface area contributed by atoms with Gasteiger partial charge in [-0.2, -0.15) is 0 Å². The van der Waals surface area contributed by atoms with Gasteiger partial charge in [0.15, 0.2) is 0 Å². The van der Waals surface area contributed by atoms with Crippen molar-refractivity contribution in [1.82, 2.24) is 10.3 Å². The summed E-state index contributed by atoms with van der Waals surface area (Å²) in [6.07, 6.45) is 3.86. The molecule has 110 valence electrons. The molecule has 0 radical (unpaired) electrons. The normalized spacial score (nSPS) is 22.2. The predicted molar refractivity (Wildman–Crippen MR) is 82.7 cm³/mol. The number of hydrogen-bond acceptors (Lipinski definition) is 3. The van der Waals surface area contributed by atoms with Crippen LogP contribution in [0.25, 0.3) is 10.8 Å². The molecule has 2 atom stereocenters. The van der Waals surface area contributed by atoms with Crippen molar-refractivity contribution in [2.75, 3.05) is 6.61 Å². The van der Waals surface area contributed by atoms with Crippen molar-refractivity contribution in [2.24, 2.45) is 0 Å². The lowest BCUT2D eigenvalue weighted by Gasteiger charge is -2.27. The zero-order valence-electron chi connectivity index (χ0n) is 11.8. The van der Waals surface area contributed by atoms with Crippen molar-refractivity contribution < 1.29 is 9.53 Å². The number of rotatable bonds is 2. The van der Waals surface area contributed by atoms with E-state index in [4.69, 9.17) is 16.3 Å². The van der Waals surface area contributed by atoms with Crippen LogP contribution in [0.4, 0.5) is 0 Å². The highest BCUT2D eigenvalue weighted by Crippen LogP contribution is 2.19. The van der Waals surface area contributed by atoms with Gasteiger partial charge in [0.25, 0.3) is 5.91 Å². The third kappa shape index (κ3) is 3.34. The number of carbonyl (C=O) groups is 1. The SMILES string of the molecule is C[C@@H]1CC[C@@H](NC(=O)c2cc3ccc(Cl)cc3cn2)CO1. The van der Waals surface area contributed by atoms with Gasteiger partial charge in [0.1, 0.15) is 5.69 Å². The van der Waals surface area contributed by atoms with Gasteiger partial charge in [0.2, 0.25) is 0 Å². The molecule has 2 heterocycles. The van der Waals surface area contributed by atoms with Crippen molar-refractivity contribution >= 4 is 28.3 Å². The first kappa shape index (κ1) is 14.3. The number of nitrogens with zero attached hydrogens (tertiary/aromatic N) is 1. The van der Waals surface area contributed by atoms with Crippen LogP contribution in [0.3, 0.4) is 0 Å². The van der Waals surface area contributed by atoms with Gasteiger partial charge in [-0.25, -0.2) is 0 Å². The summed E-state index contributed by atoms with van der Waals surface area (Å²) in [5.74, 6) is -0.157. The van der Waals surface area contributed by atoms with E-state index >= 15 is 0 Å². The number of fused-ring (bicyclic) bond motifs is 1. The van der Waals surface area contributed by atoms with Crippen molar-refractivity contribution in [2.45, 2.75) is 31.9 Å². The van der Waals surface area contributed by atoms with Crippen molar-refractivity contribution in [3.05, 3.63) is 41.2 Å². The van der Waals surface area contributed by atoms with E-state index in [2.05, 4.69) is 10.3 Å². The monoisotopic (exact) mass is 304 g/mol. The average molecular weight is 305 g/mol. The molecule has 0 unspecified atom stereocenters. The van der Waals surface area contributed by atoms with Gasteiger partial charge >= 0.3 is 0 Å². The smallest absolute Gasteiger partial charge is 0.270 e. The van der Waals surface area contributed by atoms with Crippen LogP contribution in [0.2, 0.25) is 5.02 Å². The van der Waals surface area contributed by atoms with Gasteiger partial charge < -0.3 is 10.1 Å². The molecule has 0 bridgehead atoms. The molecule has 1 N–H and O–H groups in total. The van der Waals surface area contributed by atoms with Gasteiger partial charge in [0, 0.05) is 16.6 Å². The lowest BCUT2D eigenvalue weighted by atomic mass is 10.1. The van der Waals surface area contributed by atoms with Crippen LogP contribution in [0.5, 0.6) is 0 Å². The average Bonchev–Trinajstić information content (AvgIpc) is 2.49. The van der Waals surface area contributed by atoms with Crippen LogP contribution < -0.4 is 5.32 Å². The lowest BCUT2D eigenvalue weighted by molar-refractivity contribution is 0.00885. The second kappa shape index (κ2) is 6.00. The maximum Gasteiger partial charge on any atom is 0.270 e. The molecule has 2 aromatic rings. The summed E-state index contributed by atoms with van der Waals surface area (Å²) in [5.41, 5.74) is 0.420. The molecule has 1 aliphatic heterocycles. The van der Waals surface area contributed by atoms with Gasteiger partial charge in [0.05, 0.1) is 18.8 Å². The molecule has 1 saturated heterocycles.